The molecule has 0 N–H and O–H groups in total. The van der Waals surface area contributed by atoms with E-state index in [0.717, 1.165) is 0 Å². The Balaban J connectivity index is 2.27. The Kier molecular flexibility index (Phi) is 2.63. The summed E-state index contributed by atoms with van der Waals surface area (Å²) in [5, 5.41) is 11.5. The standard InChI is InChI=1S/C10H10N4O2/c1-14-6-5-8(13-14)10(15)7-3-4-9(16-2)12-11-7/h3-6H,1-2H3. The van der Waals surface area contributed by atoms with Gasteiger partial charge in [0.15, 0.2) is 0 Å². The van der Waals surface area contributed by atoms with Gasteiger partial charge in [0.25, 0.3) is 0 Å². The molecule has 0 aromatic carbocycles. The molecule has 2 rings (SSSR count). The van der Waals surface area contributed by atoms with Crippen LogP contribution in [0.25, 0.3) is 0 Å². The third kappa shape index (κ3) is 1.90. The fourth-order valence-electron chi connectivity index (χ4n) is 1.22. The summed E-state index contributed by atoms with van der Waals surface area (Å²) < 4.78 is 6.41. The zero-order valence-electron chi connectivity index (χ0n) is 8.91. The van der Waals surface area contributed by atoms with Crippen molar-refractivity contribution in [3.8, 4) is 5.88 Å². The molecule has 0 saturated heterocycles. The van der Waals surface area contributed by atoms with E-state index in [4.69, 9.17) is 4.74 Å². The van der Waals surface area contributed by atoms with Gasteiger partial charge >= 0.3 is 0 Å². The van der Waals surface area contributed by atoms with E-state index < -0.39 is 0 Å². The average molecular weight is 218 g/mol. The summed E-state index contributed by atoms with van der Waals surface area (Å²) >= 11 is 0. The Morgan fingerprint density at radius 3 is 2.56 bits per heavy atom. The van der Waals surface area contributed by atoms with Crippen molar-refractivity contribution < 1.29 is 9.53 Å². The van der Waals surface area contributed by atoms with Crippen molar-refractivity contribution in [1.29, 1.82) is 0 Å². The minimum absolute atomic E-state index is 0.250. The Hall–Kier alpha value is -2.24. The van der Waals surface area contributed by atoms with E-state index in [0.29, 0.717) is 11.6 Å². The van der Waals surface area contributed by atoms with Crippen LogP contribution < -0.4 is 4.74 Å². The minimum Gasteiger partial charge on any atom is -0.480 e. The van der Waals surface area contributed by atoms with Crippen LogP contribution in [0.1, 0.15) is 16.2 Å². The summed E-state index contributed by atoms with van der Waals surface area (Å²) in [6.45, 7) is 0. The van der Waals surface area contributed by atoms with E-state index in [1.54, 1.807) is 36.1 Å². The molecule has 0 saturated carbocycles. The van der Waals surface area contributed by atoms with Crippen molar-refractivity contribution in [2.75, 3.05) is 7.11 Å². The van der Waals surface area contributed by atoms with E-state index in [2.05, 4.69) is 15.3 Å². The molecule has 6 heteroatoms. The van der Waals surface area contributed by atoms with Crippen LogP contribution in [0.5, 0.6) is 5.88 Å². The molecule has 6 nitrogen and oxygen atoms in total. The zero-order chi connectivity index (χ0) is 11.5. The second-order valence-corrected chi connectivity index (χ2v) is 3.16. The maximum atomic E-state index is 11.8. The van der Waals surface area contributed by atoms with Gasteiger partial charge in [0.1, 0.15) is 11.4 Å². The van der Waals surface area contributed by atoms with Gasteiger partial charge in [-0.25, -0.2) is 0 Å². The third-order valence-electron chi connectivity index (χ3n) is 2.03. The SMILES string of the molecule is COc1ccc(C(=O)c2ccn(C)n2)nn1. The number of methoxy groups -OCH3 is 1. The van der Waals surface area contributed by atoms with Gasteiger partial charge in [0.2, 0.25) is 11.7 Å². The van der Waals surface area contributed by atoms with Crippen LogP contribution >= 0.6 is 0 Å². The van der Waals surface area contributed by atoms with Gasteiger partial charge in [0.05, 0.1) is 7.11 Å². The highest BCUT2D eigenvalue weighted by molar-refractivity contribution is 6.06. The highest BCUT2D eigenvalue weighted by Crippen LogP contribution is 2.07. The predicted molar refractivity (Wildman–Crippen MR) is 55.2 cm³/mol. The van der Waals surface area contributed by atoms with Crippen LogP contribution in [0.2, 0.25) is 0 Å². The van der Waals surface area contributed by atoms with Crippen molar-refractivity contribution in [3.63, 3.8) is 0 Å². The van der Waals surface area contributed by atoms with E-state index in [-0.39, 0.29) is 11.5 Å². The summed E-state index contributed by atoms with van der Waals surface area (Å²) in [6, 6.07) is 4.78. The molecule has 0 fully saturated rings. The molecule has 2 aromatic heterocycles. The van der Waals surface area contributed by atoms with Gasteiger partial charge in [-0.1, -0.05) is 0 Å². The molecule has 0 aliphatic rings. The number of hydrogen-bond acceptors (Lipinski definition) is 5. The summed E-state index contributed by atoms with van der Waals surface area (Å²) in [7, 11) is 3.24. The highest BCUT2D eigenvalue weighted by atomic mass is 16.5. The summed E-state index contributed by atoms with van der Waals surface area (Å²) in [5.41, 5.74) is 0.599. The predicted octanol–water partition coefficient (Wildman–Crippen LogP) is 0.450. The molecule has 0 aliphatic heterocycles. The van der Waals surface area contributed by atoms with E-state index in [1.807, 2.05) is 0 Å². The van der Waals surface area contributed by atoms with E-state index in [9.17, 15) is 4.79 Å². The number of rotatable bonds is 3. The van der Waals surface area contributed by atoms with Crippen molar-refractivity contribution in [2.45, 2.75) is 0 Å². The molecule has 2 heterocycles. The fourth-order valence-corrected chi connectivity index (χ4v) is 1.22. The molecule has 0 spiro atoms. The van der Waals surface area contributed by atoms with Crippen molar-refractivity contribution >= 4 is 5.78 Å². The largest absolute Gasteiger partial charge is 0.480 e. The van der Waals surface area contributed by atoms with Crippen LogP contribution in [0.4, 0.5) is 0 Å². The molecular formula is C10H10N4O2. The van der Waals surface area contributed by atoms with Crippen LogP contribution in [-0.2, 0) is 7.05 Å². The number of carbonyl (C=O) groups is 1. The molecule has 82 valence electrons. The van der Waals surface area contributed by atoms with E-state index >= 15 is 0 Å². The molecule has 16 heavy (non-hydrogen) atoms. The number of nitrogens with zero attached hydrogens (tertiary/aromatic N) is 4. The number of ether oxygens (including phenoxy) is 1. The smallest absolute Gasteiger partial charge is 0.233 e. The van der Waals surface area contributed by atoms with Crippen LogP contribution in [0, 0.1) is 0 Å². The topological polar surface area (TPSA) is 69.9 Å². The molecule has 0 atom stereocenters. The fraction of sp³-hybridized carbons (Fsp3) is 0.200. The lowest BCUT2D eigenvalue weighted by molar-refractivity contribution is 0.102. The Labute approximate surface area is 91.9 Å². The van der Waals surface area contributed by atoms with Crippen molar-refractivity contribution in [2.24, 2.45) is 7.05 Å². The van der Waals surface area contributed by atoms with Crippen molar-refractivity contribution in [3.05, 3.63) is 35.8 Å². The first-order valence-corrected chi connectivity index (χ1v) is 4.63. The summed E-state index contributed by atoms with van der Waals surface area (Å²) in [5.74, 6) is 0.119. The van der Waals surface area contributed by atoms with Gasteiger partial charge in [-0.15, -0.1) is 10.2 Å². The number of aryl methyl sites for hydroxylation is 1. The molecule has 2 aromatic rings. The van der Waals surface area contributed by atoms with Gasteiger partial charge in [0, 0.05) is 19.3 Å². The molecule has 0 bridgehead atoms. The molecule has 0 aliphatic carbocycles. The lowest BCUT2D eigenvalue weighted by Crippen LogP contribution is -2.07. The van der Waals surface area contributed by atoms with Gasteiger partial charge in [-0.05, 0) is 12.1 Å². The Morgan fingerprint density at radius 1 is 1.25 bits per heavy atom. The molecule has 0 amide bonds. The minimum atomic E-state index is -0.254. The molecular weight excluding hydrogens is 208 g/mol. The first-order valence-electron chi connectivity index (χ1n) is 4.63. The average Bonchev–Trinajstić information content (AvgIpc) is 2.75. The monoisotopic (exact) mass is 218 g/mol. The highest BCUT2D eigenvalue weighted by Gasteiger charge is 2.13. The van der Waals surface area contributed by atoms with Gasteiger partial charge < -0.3 is 4.74 Å². The second-order valence-electron chi connectivity index (χ2n) is 3.16. The second kappa shape index (κ2) is 4.09. The van der Waals surface area contributed by atoms with Gasteiger partial charge in [-0.2, -0.15) is 5.10 Å². The van der Waals surface area contributed by atoms with Crippen LogP contribution in [-0.4, -0.2) is 32.9 Å². The maximum absolute atomic E-state index is 11.8. The molecule has 0 radical (unpaired) electrons. The number of aromatic nitrogens is 4. The first kappa shape index (κ1) is 10.3. The Bertz CT molecular complexity index is 504. The Morgan fingerprint density at radius 2 is 2.06 bits per heavy atom. The molecule has 0 unspecified atom stereocenters. The number of ketones is 1. The van der Waals surface area contributed by atoms with Crippen LogP contribution in [0.15, 0.2) is 24.4 Å². The lowest BCUT2D eigenvalue weighted by atomic mass is 10.2. The first-order chi connectivity index (χ1) is 7.70. The van der Waals surface area contributed by atoms with Crippen molar-refractivity contribution in [1.82, 2.24) is 20.0 Å². The number of hydrogen-bond donors (Lipinski definition) is 0. The zero-order valence-corrected chi connectivity index (χ0v) is 8.91. The lowest BCUT2D eigenvalue weighted by Gasteiger charge is -1.98. The van der Waals surface area contributed by atoms with Gasteiger partial charge in [-0.3, -0.25) is 9.48 Å². The quantitative estimate of drug-likeness (QED) is 0.699. The van der Waals surface area contributed by atoms with Crippen LogP contribution in [0.3, 0.4) is 0 Å². The third-order valence-corrected chi connectivity index (χ3v) is 2.03. The number of carbonyl (C=O) groups excluding carboxylic acids is 1. The maximum Gasteiger partial charge on any atom is 0.233 e. The normalized spacial score (nSPS) is 10.1. The summed E-state index contributed by atoms with van der Waals surface area (Å²) in [6.07, 6.45) is 1.70. The van der Waals surface area contributed by atoms with E-state index in [1.165, 1.54) is 7.11 Å². The summed E-state index contributed by atoms with van der Waals surface area (Å²) in [4.78, 5) is 11.8.